The Hall–Kier alpha value is -0.490. The lowest BCUT2D eigenvalue weighted by Gasteiger charge is -2.47. The van der Waals surface area contributed by atoms with Crippen molar-refractivity contribution in [3.8, 4) is 0 Å². The molecule has 1 aliphatic rings. The SMILES string of the molecule is CCNCc1nc(CN2CC(C)(C)OC(C)(C)C2)cs1. The Morgan fingerprint density at radius 3 is 2.55 bits per heavy atom. The molecule has 1 aliphatic heterocycles. The lowest BCUT2D eigenvalue weighted by atomic mass is 9.99. The van der Waals surface area contributed by atoms with Crippen LogP contribution in [0.5, 0.6) is 0 Å². The minimum atomic E-state index is -0.0929. The molecule has 20 heavy (non-hydrogen) atoms. The maximum absolute atomic E-state index is 6.12. The number of nitrogens with one attached hydrogen (secondary N) is 1. The molecule has 0 bridgehead atoms. The Balaban J connectivity index is 1.97. The number of aromatic nitrogens is 1. The van der Waals surface area contributed by atoms with E-state index in [9.17, 15) is 0 Å². The zero-order valence-corrected chi connectivity index (χ0v) is 14.1. The van der Waals surface area contributed by atoms with Gasteiger partial charge in [-0.05, 0) is 34.2 Å². The fraction of sp³-hybridized carbons (Fsp3) is 0.800. The van der Waals surface area contributed by atoms with E-state index in [4.69, 9.17) is 9.72 Å². The number of thiazole rings is 1. The third-order valence-electron chi connectivity index (χ3n) is 3.27. The van der Waals surface area contributed by atoms with E-state index in [1.165, 1.54) is 10.7 Å². The molecule has 0 amide bonds. The molecule has 5 heteroatoms. The molecule has 1 saturated heterocycles. The number of rotatable bonds is 5. The molecule has 4 nitrogen and oxygen atoms in total. The minimum absolute atomic E-state index is 0.0929. The summed E-state index contributed by atoms with van der Waals surface area (Å²) in [5.41, 5.74) is 0.991. The lowest BCUT2D eigenvalue weighted by Crippen LogP contribution is -2.56. The van der Waals surface area contributed by atoms with Gasteiger partial charge in [-0.15, -0.1) is 11.3 Å². The zero-order chi connectivity index (χ0) is 14.8. The van der Waals surface area contributed by atoms with Crippen LogP contribution in [-0.4, -0.2) is 40.7 Å². The first-order valence-corrected chi connectivity index (χ1v) is 8.24. The summed E-state index contributed by atoms with van der Waals surface area (Å²) >= 11 is 1.75. The van der Waals surface area contributed by atoms with Gasteiger partial charge in [-0.3, -0.25) is 4.90 Å². The molecule has 1 fully saturated rings. The summed E-state index contributed by atoms with van der Waals surface area (Å²) in [5, 5.41) is 6.68. The fourth-order valence-electron chi connectivity index (χ4n) is 3.02. The molecule has 0 atom stereocenters. The van der Waals surface area contributed by atoms with Gasteiger partial charge in [0.1, 0.15) is 5.01 Å². The predicted molar refractivity (Wildman–Crippen MR) is 84.0 cm³/mol. The Morgan fingerprint density at radius 2 is 1.95 bits per heavy atom. The first-order chi connectivity index (χ1) is 9.30. The number of nitrogens with zero attached hydrogens (tertiary/aromatic N) is 2. The highest BCUT2D eigenvalue weighted by Crippen LogP contribution is 2.29. The van der Waals surface area contributed by atoms with E-state index in [0.717, 1.165) is 32.7 Å². The van der Waals surface area contributed by atoms with Crippen molar-refractivity contribution in [1.82, 2.24) is 15.2 Å². The van der Waals surface area contributed by atoms with Crippen molar-refractivity contribution in [3.63, 3.8) is 0 Å². The molecule has 1 aromatic rings. The summed E-state index contributed by atoms with van der Waals surface area (Å²) in [7, 11) is 0. The van der Waals surface area contributed by atoms with Gasteiger partial charge in [-0.2, -0.15) is 0 Å². The van der Waals surface area contributed by atoms with Crippen molar-refractivity contribution in [1.29, 1.82) is 0 Å². The van der Waals surface area contributed by atoms with Crippen LogP contribution in [0.25, 0.3) is 0 Å². The van der Waals surface area contributed by atoms with Gasteiger partial charge in [0, 0.05) is 31.6 Å². The number of ether oxygens (including phenoxy) is 1. The molecule has 0 unspecified atom stereocenters. The van der Waals surface area contributed by atoms with Crippen LogP contribution in [0.1, 0.15) is 45.3 Å². The van der Waals surface area contributed by atoms with E-state index < -0.39 is 0 Å². The molecular weight excluding hydrogens is 270 g/mol. The Morgan fingerprint density at radius 1 is 1.30 bits per heavy atom. The molecule has 0 aromatic carbocycles. The van der Waals surface area contributed by atoms with Crippen LogP contribution in [-0.2, 0) is 17.8 Å². The average Bonchev–Trinajstić information content (AvgIpc) is 2.69. The zero-order valence-electron chi connectivity index (χ0n) is 13.3. The average molecular weight is 297 g/mol. The maximum Gasteiger partial charge on any atom is 0.107 e. The monoisotopic (exact) mass is 297 g/mol. The van der Waals surface area contributed by atoms with E-state index in [1.807, 2.05) is 0 Å². The molecule has 1 N–H and O–H groups in total. The Labute approximate surface area is 126 Å². The summed E-state index contributed by atoms with van der Waals surface area (Å²) < 4.78 is 6.12. The summed E-state index contributed by atoms with van der Waals surface area (Å²) in [6.45, 7) is 15.5. The number of hydrogen-bond acceptors (Lipinski definition) is 5. The van der Waals surface area contributed by atoms with Crippen LogP contribution in [0, 0.1) is 0 Å². The normalized spacial score (nSPS) is 22.1. The molecule has 0 saturated carbocycles. The van der Waals surface area contributed by atoms with Gasteiger partial charge >= 0.3 is 0 Å². The van der Waals surface area contributed by atoms with E-state index in [1.54, 1.807) is 11.3 Å². The third kappa shape index (κ3) is 4.52. The molecular formula is C15H27N3OS. The first-order valence-electron chi connectivity index (χ1n) is 7.36. The fourth-order valence-corrected chi connectivity index (χ4v) is 3.78. The second kappa shape index (κ2) is 6.10. The lowest BCUT2D eigenvalue weighted by molar-refractivity contribution is -0.182. The van der Waals surface area contributed by atoms with E-state index in [-0.39, 0.29) is 11.2 Å². The Bertz CT molecular complexity index is 426. The van der Waals surface area contributed by atoms with Gasteiger partial charge in [-0.1, -0.05) is 6.92 Å². The van der Waals surface area contributed by atoms with Crippen LogP contribution in [0.3, 0.4) is 0 Å². The molecule has 0 radical (unpaired) electrons. The van der Waals surface area contributed by atoms with Gasteiger partial charge < -0.3 is 10.1 Å². The van der Waals surface area contributed by atoms with Crippen molar-refractivity contribution in [3.05, 3.63) is 16.1 Å². The third-order valence-corrected chi connectivity index (χ3v) is 4.17. The van der Waals surface area contributed by atoms with Crippen molar-refractivity contribution < 1.29 is 4.74 Å². The van der Waals surface area contributed by atoms with E-state index >= 15 is 0 Å². The van der Waals surface area contributed by atoms with Crippen molar-refractivity contribution >= 4 is 11.3 Å². The van der Waals surface area contributed by atoms with Crippen molar-refractivity contribution in [2.45, 2.75) is 58.9 Å². The smallest absolute Gasteiger partial charge is 0.107 e. The van der Waals surface area contributed by atoms with Gasteiger partial charge in [0.05, 0.1) is 16.9 Å². The Kier molecular flexibility index (Phi) is 4.84. The van der Waals surface area contributed by atoms with Gasteiger partial charge in [0.2, 0.25) is 0 Å². The highest BCUT2D eigenvalue weighted by Gasteiger charge is 2.38. The molecule has 2 rings (SSSR count). The van der Waals surface area contributed by atoms with Gasteiger partial charge in [0.15, 0.2) is 0 Å². The largest absolute Gasteiger partial charge is 0.367 e. The number of hydrogen-bond donors (Lipinski definition) is 1. The van der Waals surface area contributed by atoms with Gasteiger partial charge in [0.25, 0.3) is 0 Å². The summed E-state index contributed by atoms with van der Waals surface area (Å²) in [6, 6.07) is 0. The van der Waals surface area contributed by atoms with Gasteiger partial charge in [-0.25, -0.2) is 4.98 Å². The summed E-state index contributed by atoms with van der Waals surface area (Å²) in [6.07, 6.45) is 0. The molecule has 0 aliphatic carbocycles. The topological polar surface area (TPSA) is 37.4 Å². The second-order valence-corrected chi connectivity index (χ2v) is 7.72. The first kappa shape index (κ1) is 15.9. The number of morpholine rings is 1. The quantitative estimate of drug-likeness (QED) is 0.906. The molecule has 0 spiro atoms. The second-order valence-electron chi connectivity index (χ2n) is 6.78. The van der Waals surface area contributed by atoms with Crippen LogP contribution >= 0.6 is 11.3 Å². The van der Waals surface area contributed by atoms with Crippen LogP contribution < -0.4 is 5.32 Å². The summed E-state index contributed by atoms with van der Waals surface area (Å²) in [4.78, 5) is 7.16. The molecule has 2 heterocycles. The van der Waals surface area contributed by atoms with Crippen LogP contribution in [0.2, 0.25) is 0 Å². The standard InChI is InChI=1S/C15H27N3OS/c1-6-16-7-13-17-12(9-20-13)8-18-10-14(2,3)19-15(4,5)11-18/h9,16H,6-8,10-11H2,1-5H3. The molecule has 1 aromatic heterocycles. The van der Waals surface area contributed by atoms with Crippen molar-refractivity contribution in [2.75, 3.05) is 19.6 Å². The minimum Gasteiger partial charge on any atom is -0.367 e. The molecule has 114 valence electrons. The van der Waals surface area contributed by atoms with E-state index in [2.05, 4.69) is 50.2 Å². The predicted octanol–water partition coefficient (Wildman–Crippen LogP) is 2.64. The maximum atomic E-state index is 6.12. The highest BCUT2D eigenvalue weighted by atomic mass is 32.1. The van der Waals surface area contributed by atoms with Crippen LogP contribution in [0.4, 0.5) is 0 Å². The van der Waals surface area contributed by atoms with Crippen molar-refractivity contribution in [2.24, 2.45) is 0 Å². The van der Waals surface area contributed by atoms with E-state index in [0.29, 0.717) is 0 Å². The highest BCUT2D eigenvalue weighted by molar-refractivity contribution is 7.09. The van der Waals surface area contributed by atoms with Crippen LogP contribution in [0.15, 0.2) is 5.38 Å². The summed E-state index contributed by atoms with van der Waals surface area (Å²) in [5.74, 6) is 0.